The van der Waals surface area contributed by atoms with E-state index in [2.05, 4.69) is 48.5 Å². The molecule has 0 heteroatoms. The Kier molecular flexibility index (Phi) is 9.86. The monoisotopic (exact) mass is 322 g/mol. The van der Waals surface area contributed by atoms with Crippen LogP contribution < -0.4 is 0 Å². The fourth-order valence-electron chi connectivity index (χ4n) is 5.15. The molecule has 0 radical (unpaired) electrons. The number of hydrogen-bond donors (Lipinski definition) is 0. The summed E-state index contributed by atoms with van der Waals surface area (Å²) in [6.07, 6.45) is 13.0. The second-order valence-corrected chi connectivity index (χ2v) is 9.67. The van der Waals surface area contributed by atoms with Gasteiger partial charge in [0.2, 0.25) is 0 Å². The van der Waals surface area contributed by atoms with Crippen LogP contribution in [0.25, 0.3) is 0 Å². The first-order valence-electron chi connectivity index (χ1n) is 10.8. The fraction of sp³-hybridized carbons (Fsp3) is 1.00. The van der Waals surface area contributed by atoms with Crippen LogP contribution in [-0.4, -0.2) is 0 Å². The molecule has 0 aromatic rings. The molecule has 7 atom stereocenters. The minimum atomic E-state index is 0.893. The first kappa shape index (κ1) is 21.0. The Morgan fingerprint density at radius 1 is 0.783 bits per heavy atom. The summed E-state index contributed by atoms with van der Waals surface area (Å²) in [6, 6.07) is 0. The zero-order valence-corrected chi connectivity index (χ0v) is 17.4. The SMILES string of the molecule is CCCC(C)CC(C)C(C)C1CCC(C)CCC(C)CC(C)C1. The maximum absolute atomic E-state index is 2.57. The lowest BCUT2D eigenvalue weighted by atomic mass is 9.71. The quantitative estimate of drug-likeness (QED) is 0.465. The van der Waals surface area contributed by atoms with Crippen molar-refractivity contribution in [3.63, 3.8) is 0 Å². The molecule has 0 aromatic carbocycles. The van der Waals surface area contributed by atoms with Crippen molar-refractivity contribution in [2.24, 2.45) is 41.4 Å². The lowest BCUT2D eigenvalue weighted by molar-refractivity contribution is 0.162. The van der Waals surface area contributed by atoms with Crippen molar-refractivity contribution < 1.29 is 0 Å². The molecule has 138 valence electrons. The summed E-state index contributed by atoms with van der Waals surface area (Å²) < 4.78 is 0. The molecule has 7 unspecified atom stereocenters. The van der Waals surface area contributed by atoms with Crippen LogP contribution in [0.5, 0.6) is 0 Å². The molecule has 0 aliphatic heterocycles. The summed E-state index contributed by atoms with van der Waals surface area (Å²) in [5.41, 5.74) is 0. The third kappa shape index (κ3) is 8.08. The molecule has 0 N–H and O–H groups in total. The first-order valence-corrected chi connectivity index (χ1v) is 10.8. The van der Waals surface area contributed by atoms with Gasteiger partial charge in [0.05, 0.1) is 0 Å². The molecule has 1 aliphatic rings. The van der Waals surface area contributed by atoms with E-state index < -0.39 is 0 Å². The van der Waals surface area contributed by atoms with Crippen LogP contribution >= 0.6 is 0 Å². The van der Waals surface area contributed by atoms with Gasteiger partial charge < -0.3 is 0 Å². The van der Waals surface area contributed by atoms with Gasteiger partial charge in [-0.25, -0.2) is 0 Å². The van der Waals surface area contributed by atoms with E-state index in [4.69, 9.17) is 0 Å². The molecule has 0 amide bonds. The summed E-state index contributed by atoms with van der Waals surface area (Å²) in [6.45, 7) is 17.4. The molecule has 0 bridgehead atoms. The molecule has 1 aliphatic carbocycles. The number of hydrogen-bond acceptors (Lipinski definition) is 0. The zero-order valence-electron chi connectivity index (χ0n) is 17.4. The van der Waals surface area contributed by atoms with E-state index in [1.807, 2.05) is 0 Å². The predicted octanol–water partition coefficient (Wildman–Crippen LogP) is 7.96. The van der Waals surface area contributed by atoms with Crippen LogP contribution in [0, 0.1) is 41.4 Å². The molecule has 0 spiro atoms. The van der Waals surface area contributed by atoms with E-state index in [0.717, 1.165) is 41.4 Å². The van der Waals surface area contributed by atoms with Gasteiger partial charge in [-0.05, 0) is 67.1 Å². The van der Waals surface area contributed by atoms with Crippen molar-refractivity contribution in [2.45, 2.75) is 106 Å². The summed E-state index contributed by atoms with van der Waals surface area (Å²) >= 11 is 0. The highest BCUT2D eigenvalue weighted by atomic mass is 14.3. The van der Waals surface area contributed by atoms with Crippen molar-refractivity contribution in [3.05, 3.63) is 0 Å². The second-order valence-electron chi connectivity index (χ2n) is 9.67. The van der Waals surface area contributed by atoms with E-state index >= 15 is 0 Å². The maximum Gasteiger partial charge on any atom is -0.0383 e. The first-order chi connectivity index (χ1) is 10.8. The van der Waals surface area contributed by atoms with Gasteiger partial charge in [0, 0.05) is 0 Å². The Labute approximate surface area is 148 Å². The Morgan fingerprint density at radius 2 is 1.39 bits per heavy atom. The molecule has 1 rings (SSSR count). The summed E-state index contributed by atoms with van der Waals surface area (Å²) in [7, 11) is 0. The normalized spacial score (nSPS) is 34.6. The van der Waals surface area contributed by atoms with E-state index in [-0.39, 0.29) is 0 Å². The highest BCUT2D eigenvalue weighted by Gasteiger charge is 2.27. The Bertz CT molecular complexity index is 294. The lowest BCUT2D eigenvalue weighted by Crippen LogP contribution is -2.24. The largest absolute Gasteiger partial charge is 0.0654 e. The van der Waals surface area contributed by atoms with Gasteiger partial charge >= 0.3 is 0 Å². The predicted molar refractivity (Wildman–Crippen MR) is 106 cm³/mol. The van der Waals surface area contributed by atoms with Crippen molar-refractivity contribution in [1.82, 2.24) is 0 Å². The molecule has 1 saturated carbocycles. The molecule has 0 aromatic heterocycles. The highest BCUT2D eigenvalue weighted by Crippen LogP contribution is 2.37. The molecule has 0 saturated heterocycles. The lowest BCUT2D eigenvalue weighted by Gasteiger charge is -2.34. The van der Waals surface area contributed by atoms with Crippen molar-refractivity contribution in [3.8, 4) is 0 Å². The molecular weight excluding hydrogens is 276 g/mol. The van der Waals surface area contributed by atoms with E-state index in [1.165, 1.54) is 57.8 Å². The zero-order chi connectivity index (χ0) is 17.4. The van der Waals surface area contributed by atoms with Gasteiger partial charge in [0.25, 0.3) is 0 Å². The summed E-state index contributed by atoms with van der Waals surface area (Å²) in [5.74, 6) is 6.46. The van der Waals surface area contributed by atoms with Crippen molar-refractivity contribution >= 4 is 0 Å². The third-order valence-corrected chi connectivity index (χ3v) is 6.89. The van der Waals surface area contributed by atoms with Gasteiger partial charge in [0.1, 0.15) is 0 Å². The average molecular weight is 323 g/mol. The summed E-state index contributed by atoms with van der Waals surface area (Å²) in [5, 5.41) is 0. The molecule has 23 heavy (non-hydrogen) atoms. The minimum Gasteiger partial charge on any atom is -0.0654 e. The average Bonchev–Trinajstić information content (AvgIpc) is 2.48. The molecule has 1 fully saturated rings. The van der Waals surface area contributed by atoms with Gasteiger partial charge in [-0.1, -0.05) is 80.6 Å². The molecule has 0 nitrogen and oxygen atoms in total. The Hall–Kier alpha value is 0. The van der Waals surface area contributed by atoms with Crippen molar-refractivity contribution in [1.29, 1.82) is 0 Å². The second kappa shape index (κ2) is 10.8. The van der Waals surface area contributed by atoms with Gasteiger partial charge in [-0.15, -0.1) is 0 Å². The van der Waals surface area contributed by atoms with Crippen LogP contribution in [0.1, 0.15) is 106 Å². The maximum atomic E-state index is 2.57. The topological polar surface area (TPSA) is 0 Å². The summed E-state index contributed by atoms with van der Waals surface area (Å²) in [4.78, 5) is 0. The van der Waals surface area contributed by atoms with Crippen LogP contribution in [0.4, 0.5) is 0 Å². The smallest absolute Gasteiger partial charge is 0.0383 e. The van der Waals surface area contributed by atoms with Gasteiger partial charge in [-0.3, -0.25) is 0 Å². The van der Waals surface area contributed by atoms with Crippen LogP contribution in [0.3, 0.4) is 0 Å². The number of rotatable bonds is 6. The Morgan fingerprint density at radius 3 is 2.04 bits per heavy atom. The third-order valence-electron chi connectivity index (χ3n) is 6.89. The Balaban J connectivity index is 2.63. The highest BCUT2D eigenvalue weighted by molar-refractivity contribution is 4.78. The van der Waals surface area contributed by atoms with Gasteiger partial charge in [-0.2, -0.15) is 0 Å². The fourth-order valence-corrected chi connectivity index (χ4v) is 5.15. The van der Waals surface area contributed by atoms with E-state index in [1.54, 1.807) is 0 Å². The van der Waals surface area contributed by atoms with E-state index in [9.17, 15) is 0 Å². The molecular formula is C23H46. The van der Waals surface area contributed by atoms with E-state index in [0.29, 0.717) is 0 Å². The van der Waals surface area contributed by atoms with Crippen LogP contribution in [0.2, 0.25) is 0 Å². The van der Waals surface area contributed by atoms with Crippen molar-refractivity contribution in [2.75, 3.05) is 0 Å². The standard InChI is InChI=1S/C23H46/c1-8-9-18(3)15-21(6)22(7)23-13-12-17(2)10-11-19(4)14-20(5)16-23/h17-23H,8-16H2,1-7H3. The van der Waals surface area contributed by atoms with Crippen LogP contribution in [0.15, 0.2) is 0 Å². The molecule has 0 heterocycles. The minimum absolute atomic E-state index is 0.893. The van der Waals surface area contributed by atoms with Crippen LogP contribution in [-0.2, 0) is 0 Å². The van der Waals surface area contributed by atoms with Gasteiger partial charge in [0.15, 0.2) is 0 Å².